The van der Waals surface area contributed by atoms with Gasteiger partial charge in [-0.25, -0.2) is 9.67 Å². The van der Waals surface area contributed by atoms with Crippen molar-refractivity contribution in [3.63, 3.8) is 0 Å². The van der Waals surface area contributed by atoms with Crippen LogP contribution in [-0.2, 0) is 0 Å². The molecule has 6 heteroatoms. The SMILES string of the molecule is CCC(CCO)NC(=O)c1ccc(-n2nc(C)cc2C)nc1. The van der Waals surface area contributed by atoms with Gasteiger partial charge < -0.3 is 10.4 Å². The number of aliphatic hydroxyl groups excluding tert-OH is 1. The highest BCUT2D eigenvalue weighted by Gasteiger charge is 2.13. The Bertz CT molecular complexity index is 634. The number of carbonyl (C=O) groups is 1. The van der Waals surface area contributed by atoms with Crippen LogP contribution in [0.25, 0.3) is 5.82 Å². The van der Waals surface area contributed by atoms with Gasteiger partial charge in [-0.3, -0.25) is 4.79 Å². The molecule has 0 aliphatic carbocycles. The van der Waals surface area contributed by atoms with Crippen LogP contribution < -0.4 is 5.32 Å². The van der Waals surface area contributed by atoms with E-state index in [1.807, 2.05) is 26.8 Å². The number of aryl methyl sites for hydroxylation is 2. The molecule has 0 radical (unpaired) electrons. The number of aliphatic hydroxyl groups is 1. The maximum absolute atomic E-state index is 12.2. The summed E-state index contributed by atoms with van der Waals surface area (Å²) in [6.45, 7) is 5.93. The van der Waals surface area contributed by atoms with E-state index in [9.17, 15) is 4.79 Å². The molecule has 0 aromatic carbocycles. The fourth-order valence-electron chi connectivity index (χ4n) is 2.31. The summed E-state index contributed by atoms with van der Waals surface area (Å²) < 4.78 is 1.75. The van der Waals surface area contributed by atoms with Crippen molar-refractivity contribution in [2.45, 2.75) is 39.7 Å². The first-order valence-electron chi connectivity index (χ1n) is 7.46. The summed E-state index contributed by atoms with van der Waals surface area (Å²) in [4.78, 5) is 16.5. The smallest absolute Gasteiger partial charge is 0.253 e. The van der Waals surface area contributed by atoms with Crippen LogP contribution in [0.4, 0.5) is 0 Å². The Morgan fingerprint density at radius 2 is 2.18 bits per heavy atom. The molecule has 1 atom stereocenters. The van der Waals surface area contributed by atoms with Crippen LogP contribution in [0.3, 0.4) is 0 Å². The van der Waals surface area contributed by atoms with E-state index in [4.69, 9.17) is 5.11 Å². The largest absolute Gasteiger partial charge is 0.396 e. The topological polar surface area (TPSA) is 80.0 Å². The molecule has 0 aliphatic heterocycles. The normalized spacial score (nSPS) is 12.2. The van der Waals surface area contributed by atoms with Crippen molar-refractivity contribution in [2.75, 3.05) is 6.61 Å². The van der Waals surface area contributed by atoms with Crippen molar-refractivity contribution in [3.8, 4) is 5.82 Å². The molecule has 2 aromatic rings. The molecule has 0 aliphatic rings. The Morgan fingerprint density at radius 3 is 2.68 bits per heavy atom. The lowest BCUT2D eigenvalue weighted by molar-refractivity contribution is 0.0928. The lowest BCUT2D eigenvalue weighted by atomic mass is 10.1. The fourth-order valence-corrected chi connectivity index (χ4v) is 2.31. The van der Waals surface area contributed by atoms with E-state index in [0.717, 1.165) is 17.8 Å². The van der Waals surface area contributed by atoms with Crippen LogP contribution in [0.2, 0.25) is 0 Å². The first-order valence-corrected chi connectivity index (χ1v) is 7.46. The molecular formula is C16H22N4O2. The van der Waals surface area contributed by atoms with Crippen LogP contribution in [0, 0.1) is 13.8 Å². The molecule has 0 spiro atoms. The number of aromatic nitrogens is 3. The lowest BCUT2D eigenvalue weighted by Crippen LogP contribution is -2.35. The Labute approximate surface area is 130 Å². The van der Waals surface area contributed by atoms with E-state index < -0.39 is 0 Å². The van der Waals surface area contributed by atoms with Crippen molar-refractivity contribution in [2.24, 2.45) is 0 Å². The van der Waals surface area contributed by atoms with Gasteiger partial charge in [0.15, 0.2) is 5.82 Å². The van der Waals surface area contributed by atoms with E-state index in [2.05, 4.69) is 15.4 Å². The molecule has 0 saturated carbocycles. The third-order valence-electron chi connectivity index (χ3n) is 3.54. The Balaban J connectivity index is 2.11. The summed E-state index contributed by atoms with van der Waals surface area (Å²) in [6.07, 6.45) is 2.88. The molecule has 0 fully saturated rings. The zero-order valence-corrected chi connectivity index (χ0v) is 13.2. The van der Waals surface area contributed by atoms with E-state index in [0.29, 0.717) is 17.8 Å². The van der Waals surface area contributed by atoms with E-state index in [1.54, 1.807) is 23.0 Å². The molecular weight excluding hydrogens is 280 g/mol. The van der Waals surface area contributed by atoms with E-state index in [-0.39, 0.29) is 18.6 Å². The molecule has 118 valence electrons. The van der Waals surface area contributed by atoms with Gasteiger partial charge in [0.1, 0.15) is 0 Å². The number of pyridine rings is 1. The van der Waals surface area contributed by atoms with Crippen molar-refractivity contribution in [3.05, 3.63) is 41.3 Å². The van der Waals surface area contributed by atoms with Gasteiger partial charge in [0.25, 0.3) is 5.91 Å². The Morgan fingerprint density at radius 1 is 1.41 bits per heavy atom. The standard InChI is InChI=1S/C16H22N4O2/c1-4-14(7-8-21)18-16(22)13-5-6-15(17-10-13)20-12(3)9-11(2)19-20/h5-6,9-10,14,21H,4,7-8H2,1-3H3,(H,18,22). The first-order chi connectivity index (χ1) is 10.5. The van der Waals surface area contributed by atoms with Crippen molar-refractivity contribution in [1.82, 2.24) is 20.1 Å². The second kappa shape index (κ2) is 7.17. The monoisotopic (exact) mass is 302 g/mol. The zero-order valence-electron chi connectivity index (χ0n) is 13.2. The van der Waals surface area contributed by atoms with Gasteiger partial charge in [-0.2, -0.15) is 5.10 Å². The summed E-state index contributed by atoms with van der Waals surface area (Å²) in [5, 5.41) is 16.2. The third kappa shape index (κ3) is 3.71. The maximum Gasteiger partial charge on any atom is 0.253 e. The summed E-state index contributed by atoms with van der Waals surface area (Å²) in [5.41, 5.74) is 2.42. The summed E-state index contributed by atoms with van der Waals surface area (Å²) in [7, 11) is 0. The predicted octanol–water partition coefficient (Wildman–Crippen LogP) is 1.77. The van der Waals surface area contributed by atoms with Gasteiger partial charge in [-0.15, -0.1) is 0 Å². The molecule has 1 amide bonds. The molecule has 0 bridgehead atoms. The number of amides is 1. The van der Waals surface area contributed by atoms with Crippen LogP contribution in [0.15, 0.2) is 24.4 Å². The molecule has 2 rings (SSSR count). The van der Waals surface area contributed by atoms with Gasteiger partial charge in [0.05, 0.1) is 11.3 Å². The maximum atomic E-state index is 12.2. The second-order valence-corrected chi connectivity index (χ2v) is 5.33. The molecule has 2 N–H and O–H groups in total. The highest BCUT2D eigenvalue weighted by Crippen LogP contribution is 2.10. The first kappa shape index (κ1) is 16.2. The number of hydrogen-bond acceptors (Lipinski definition) is 4. The van der Waals surface area contributed by atoms with Gasteiger partial charge in [-0.05, 0) is 44.9 Å². The number of rotatable bonds is 6. The van der Waals surface area contributed by atoms with Crippen molar-refractivity contribution < 1.29 is 9.90 Å². The van der Waals surface area contributed by atoms with Gasteiger partial charge in [0, 0.05) is 24.5 Å². The summed E-state index contributed by atoms with van der Waals surface area (Å²) in [6, 6.07) is 5.47. The predicted molar refractivity (Wildman–Crippen MR) is 84.1 cm³/mol. The lowest BCUT2D eigenvalue weighted by Gasteiger charge is -2.15. The third-order valence-corrected chi connectivity index (χ3v) is 3.54. The van der Waals surface area contributed by atoms with Gasteiger partial charge in [0.2, 0.25) is 0 Å². The molecule has 2 aromatic heterocycles. The summed E-state index contributed by atoms with van der Waals surface area (Å²) >= 11 is 0. The molecule has 0 saturated heterocycles. The number of carbonyl (C=O) groups excluding carboxylic acids is 1. The minimum Gasteiger partial charge on any atom is -0.396 e. The molecule has 22 heavy (non-hydrogen) atoms. The van der Waals surface area contributed by atoms with Crippen LogP contribution in [0.5, 0.6) is 0 Å². The van der Waals surface area contributed by atoms with E-state index >= 15 is 0 Å². The molecule has 1 unspecified atom stereocenters. The average Bonchev–Trinajstić information content (AvgIpc) is 2.85. The zero-order chi connectivity index (χ0) is 16.1. The van der Waals surface area contributed by atoms with Crippen LogP contribution in [0.1, 0.15) is 41.5 Å². The Kier molecular flexibility index (Phi) is 5.27. The molecule has 6 nitrogen and oxygen atoms in total. The summed E-state index contributed by atoms with van der Waals surface area (Å²) in [5.74, 6) is 0.511. The highest BCUT2D eigenvalue weighted by atomic mass is 16.3. The fraction of sp³-hybridized carbons (Fsp3) is 0.438. The number of nitrogens with one attached hydrogen (secondary N) is 1. The van der Waals surface area contributed by atoms with Gasteiger partial charge >= 0.3 is 0 Å². The molecule has 2 heterocycles. The highest BCUT2D eigenvalue weighted by molar-refractivity contribution is 5.94. The number of hydrogen-bond donors (Lipinski definition) is 2. The van der Waals surface area contributed by atoms with Gasteiger partial charge in [-0.1, -0.05) is 6.92 Å². The number of nitrogens with zero attached hydrogens (tertiary/aromatic N) is 3. The Hall–Kier alpha value is -2.21. The average molecular weight is 302 g/mol. The van der Waals surface area contributed by atoms with E-state index in [1.165, 1.54) is 0 Å². The quantitative estimate of drug-likeness (QED) is 0.852. The second-order valence-electron chi connectivity index (χ2n) is 5.33. The van der Waals surface area contributed by atoms with Crippen molar-refractivity contribution >= 4 is 5.91 Å². The minimum absolute atomic E-state index is 0.0202. The minimum atomic E-state index is -0.173. The van der Waals surface area contributed by atoms with Crippen LogP contribution in [-0.4, -0.2) is 38.4 Å². The van der Waals surface area contributed by atoms with Crippen molar-refractivity contribution in [1.29, 1.82) is 0 Å². The van der Waals surface area contributed by atoms with Crippen LogP contribution >= 0.6 is 0 Å².